The monoisotopic (exact) mass is 482 g/mol. The summed E-state index contributed by atoms with van der Waals surface area (Å²) in [6.07, 6.45) is 0.532. The van der Waals surface area contributed by atoms with E-state index in [-0.39, 0.29) is 12.1 Å². The molecule has 2 aromatic rings. The highest BCUT2D eigenvalue weighted by Crippen LogP contribution is 2.19. The third-order valence-corrected chi connectivity index (χ3v) is 4.27. The predicted octanol–water partition coefficient (Wildman–Crippen LogP) is 2.99. The molecular formula is C27H34N2O6. The molecule has 0 aromatic heterocycles. The number of para-hydroxylation sites is 2. The molecule has 0 saturated carbocycles. The molecule has 4 N–H and O–H groups in total. The number of anilines is 1. The molecule has 0 heterocycles. The lowest BCUT2D eigenvalue weighted by molar-refractivity contribution is -0.134. The lowest BCUT2D eigenvalue weighted by Gasteiger charge is -2.23. The summed E-state index contributed by atoms with van der Waals surface area (Å²) in [6.45, 7) is 6.90. The van der Waals surface area contributed by atoms with Crippen LogP contribution < -0.4 is 15.0 Å². The van der Waals surface area contributed by atoms with Crippen LogP contribution in [-0.4, -0.2) is 66.1 Å². The summed E-state index contributed by atoms with van der Waals surface area (Å²) in [6, 6.07) is 15.7. The summed E-state index contributed by atoms with van der Waals surface area (Å²) < 4.78 is 5.83. The number of nitrogens with zero attached hydrogens (tertiary/aromatic N) is 1. The Balaban J connectivity index is 0.000000658. The standard InChI is InChI=1S/C23H30N2O2.C4H4O4/c1-23(2,3)24-16-20(26)17-27-22-13-9-7-11-19(22)15-14-18-10-6-8-12-21(18)25(4)5;5-3(6)1-2-4(7)8/h6-13,20,24,26H,16-17H2,1-5H3;1-2H,(H,5,6)(H,7,8)/b;2-1+. The summed E-state index contributed by atoms with van der Waals surface area (Å²) in [4.78, 5) is 21.2. The van der Waals surface area contributed by atoms with E-state index in [1.54, 1.807) is 0 Å². The van der Waals surface area contributed by atoms with E-state index in [0.29, 0.717) is 24.4 Å². The van der Waals surface area contributed by atoms with E-state index in [1.165, 1.54) is 0 Å². The Morgan fingerprint density at radius 1 is 0.971 bits per heavy atom. The van der Waals surface area contributed by atoms with Crippen molar-refractivity contribution in [2.24, 2.45) is 0 Å². The normalized spacial score (nSPS) is 11.5. The molecule has 0 amide bonds. The lowest BCUT2D eigenvalue weighted by atomic mass is 10.1. The van der Waals surface area contributed by atoms with E-state index in [4.69, 9.17) is 14.9 Å². The van der Waals surface area contributed by atoms with Gasteiger partial charge in [0, 0.05) is 43.9 Å². The zero-order valence-corrected chi connectivity index (χ0v) is 20.8. The van der Waals surface area contributed by atoms with E-state index in [0.717, 1.165) is 16.8 Å². The molecular weight excluding hydrogens is 448 g/mol. The first-order valence-corrected chi connectivity index (χ1v) is 11.0. The quantitative estimate of drug-likeness (QED) is 0.335. The summed E-state index contributed by atoms with van der Waals surface area (Å²) in [5, 5.41) is 29.0. The van der Waals surface area contributed by atoms with Gasteiger partial charge in [-0.3, -0.25) is 0 Å². The van der Waals surface area contributed by atoms with Crippen molar-refractivity contribution in [1.29, 1.82) is 0 Å². The highest BCUT2D eigenvalue weighted by Gasteiger charge is 2.13. The van der Waals surface area contributed by atoms with Crippen molar-refractivity contribution < 1.29 is 29.6 Å². The van der Waals surface area contributed by atoms with Crippen LogP contribution in [0.1, 0.15) is 31.9 Å². The molecule has 35 heavy (non-hydrogen) atoms. The molecule has 2 rings (SSSR count). The number of nitrogens with one attached hydrogen (secondary N) is 1. The van der Waals surface area contributed by atoms with E-state index in [9.17, 15) is 14.7 Å². The number of rotatable bonds is 8. The number of carboxylic acids is 2. The molecule has 188 valence electrons. The molecule has 8 heteroatoms. The lowest BCUT2D eigenvalue weighted by Crippen LogP contribution is -2.42. The van der Waals surface area contributed by atoms with Crippen LogP contribution in [0.3, 0.4) is 0 Å². The molecule has 0 aliphatic rings. The van der Waals surface area contributed by atoms with Crippen LogP contribution in [0.15, 0.2) is 60.7 Å². The van der Waals surface area contributed by atoms with Crippen molar-refractivity contribution >= 4 is 17.6 Å². The van der Waals surface area contributed by atoms with Crippen molar-refractivity contribution in [3.8, 4) is 17.6 Å². The van der Waals surface area contributed by atoms with Gasteiger partial charge in [0.25, 0.3) is 0 Å². The second kappa shape index (κ2) is 14.5. The first-order chi connectivity index (χ1) is 16.4. The first-order valence-electron chi connectivity index (χ1n) is 11.0. The van der Waals surface area contributed by atoms with E-state index < -0.39 is 18.0 Å². The van der Waals surface area contributed by atoms with E-state index in [1.807, 2.05) is 67.5 Å². The smallest absolute Gasteiger partial charge is 0.328 e. The molecule has 0 aliphatic heterocycles. The Morgan fingerprint density at radius 2 is 1.49 bits per heavy atom. The Kier molecular flexibility index (Phi) is 12.1. The van der Waals surface area contributed by atoms with Crippen molar-refractivity contribution in [2.45, 2.75) is 32.4 Å². The highest BCUT2D eigenvalue weighted by molar-refractivity contribution is 5.89. The van der Waals surface area contributed by atoms with Crippen molar-refractivity contribution in [1.82, 2.24) is 5.32 Å². The number of benzene rings is 2. The zero-order chi connectivity index (χ0) is 26.4. The van der Waals surface area contributed by atoms with E-state index in [2.05, 4.69) is 37.9 Å². The van der Waals surface area contributed by atoms with Crippen molar-refractivity contribution in [2.75, 3.05) is 32.1 Å². The van der Waals surface area contributed by atoms with Gasteiger partial charge < -0.3 is 30.3 Å². The molecule has 2 aromatic carbocycles. The molecule has 1 atom stereocenters. The Hall–Kier alpha value is -3.80. The highest BCUT2D eigenvalue weighted by atomic mass is 16.5. The molecule has 8 nitrogen and oxygen atoms in total. The van der Waals surface area contributed by atoms with Crippen molar-refractivity contribution in [3.63, 3.8) is 0 Å². The largest absolute Gasteiger partial charge is 0.490 e. The fourth-order valence-electron chi connectivity index (χ4n) is 2.61. The number of aliphatic hydroxyl groups is 1. The number of ether oxygens (including phenoxy) is 1. The molecule has 0 radical (unpaired) electrons. The number of aliphatic carboxylic acids is 2. The molecule has 0 fully saturated rings. The van der Waals surface area contributed by atoms with Gasteiger partial charge >= 0.3 is 11.9 Å². The van der Waals surface area contributed by atoms with Gasteiger partial charge in [-0.2, -0.15) is 0 Å². The van der Waals surface area contributed by atoms with E-state index >= 15 is 0 Å². The Bertz CT molecular complexity index is 1050. The van der Waals surface area contributed by atoms with Crippen molar-refractivity contribution in [3.05, 3.63) is 71.8 Å². The number of aliphatic hydroxyl groups excluding tert-OH is 1. The Labute approximate surface area is 206 Å². The predicted molar refractivity (Wildman–Crippen MR) is 137 cm³/mol. The van der Waals surface area contributed by atoms with Gasteiger partial charge in [0.2, 0.25) is 0 Å². The van der Waals surface area contributed by atoms with Gasteiger partial charge in [0.15, 0.2) is 0 Å². The topological polar surface area (TPSA) is 119 Å². The van der Waals surface area contributed by atoms with Gasteiger partial charge in [0.1, 0.15) is 18.5 Å². The average molecular weight is 483 g/mol. The van der Waals surface area contributed by atoms with Gasteiger partial charge in [0.05, 0.1) is 11.3 Å². The molecule has 0 spiro atoms. The number of hydrogen-bond donors (Lipinski definition) is 4. The maximum atomic E-state index is 10.1. The second-order valence-electron chi connectivity index (χ2n) is 8.76. The number of carboxylic acid groups (broad SMARTS) is 2. The molecule has 0 bridgehead atoms. The number of hydrogen-bond acceptors (Lipinski definition) is 6. The molecule has 0 saturated heterocycles. The average Bonchev–Trinajstić information content (AvgIpc) is 2.79. The van der Waals surface area contributed by atoms with Crippen LogP contribution in [0.2, 0.25) is 0 Å². The maximum Gasteiger partial charge on any atom is 0.328 e. The van der Waals surface area contributed by atoms with Gasteiger partial charge in [-0.05, 0) is 45.0 Å². The summed E-state index contributed by atoms with van der Waals surface area (Å²) >= 11 is 0. The van der Waals surface area contributed by atoms with Gasteiger partial charge in [-0.1, -0.05) is 36.1 Å². The van der Waals surface area contributed by atoms with Gasteiger partial charge in [-0.15, -0.1) is 0 Å². The summed E-state index contributed by atoms with van der Waals surface area (Å²) in [7, 11) is 4.01. The fourth-order valence-corrected chi connectivity index (χ4v) is 2.61. The first kappa shape index (κ1) is 29.2. The van der Waals surface area contributed by atoms with Crippen LogP contribution in [0.25, 0.3) is 0 Å². The Morgan fingerprint density at radius 3 is 2.03 bits per heavy atom. The van der Waals surface area contributed by atoms with Crippen LogP contribution in [-0.2, 0) is 9.59 Å². The fraction of sp³-hybridized carbons (Fsp3) is 0.333. The van der Waals surface area contributed by atoms with Gasteiger partial charge in [-0.25, -0.2) is 9.59 Å². The van der Waals surface area contributed by atoms with Crippen LogP contribution in [0.5, 0.6) is 5.75 Å². The summed E-state index contributed by atoms with van der Waals surface area (Å²) in [5.74, 6) is 4.61. The van der Waals surface area contributed by atoms with Crippen LogP contribution >= 0.6 is 0 Å². The third-order valence-electron chi connectivity index (χ3n) is 4.27. The SMILES string of the molecule is CN(C)c1ccccc1C#Cc1ccccc1OCC(O)CNC(C)(C)C.O=C(O)/C=C/C(=O)O. The third kappa shape index (κ3) is 12.9. The molecule has 1 unspecified atom stereocenters. The zero-order valence-electron chi connectivity index (χ0n) is 20.8. The minimum Gasteiger partial charge on any atom is -0.490 e. The number of β-amino-alcohol motifs (C(OH)–C–C–N with tert-alkyl or cyclic N) is 1. The number of carbonyl (C=O) groups is 2. The molecule has 0 aliphatic carbocycles. The minimum absolute atomic E-state index is 0.0375. The second-order valence-corrected chi connectivity index (χ2v) is 8.76. The minimum atomic E-state index is -1.26. The maximum absolute atomic E-state index is 10.1. The van der Waals surface area contributed by atoms with Crippen LogP contribution in [0.4, 0.5) is 5.69 Å². The van der Waals surface area contributed by atoms with Crippen LogP contribution in [0, 0.1) is 11.8 Å². The summed E-state index contributed by atoms with van der Waals surface area (Å²) in [5.41, 5.74) is 2.81.